The van der Waals surface area contributed by atoms with Gasteiger partial charge in [0.15, 0.2) is 10.9 Å². The molecule has 0 saturated carbocycles. The topological polar surface area (TPSA) is 106 Å². The van der Waals surface area contributed by atoms with E-state index in [4.69, 9.17) is 20.8 Å². The van der Waals surface area contributed by atoms with Crippen molar-refractivity contribution in [2.75, 3.05) is 19.5 Å². The molecule has 0 aliphatic carbocycles. The Labute approximate surface area is 203 Å². The molecule has 3 aromatic heterocycles. The third-order valence-electron chi connectivity index (χ3n) is 4.18. The molecule has 3 heterocycles. The van der Waals surface area contributed by atoms with Gasteiger partial charge in [-0.15, -0.1) is 11.3 Å². The second kappa shape index (κ2) is 11.2. The predicted molar refractivity (Wildman–Crippen MR) is 135 cm³/mol. The van der Waals surface area contributed by atoms with Crippen LogP contribution in [0.1, 0.15) is 29.3 Å². The fraction of sp³-hybridized carbons (Fsp3) is 0.182. The lowest BCUT2D eigenvalue weighted by Crippen LogP contribution is -2.29. The quantitative estimate of drug-likeness (QED) is 0.342. The minimum Gasteiger partial charge on any atom is -0.488 e. The van der Waals surface area contributed by atoms with Gasteiger partial charge in [0.25, 0.3) is 5.91 Å². The summed E-state index contributed by atoms with van der Waals surface area (Å²) in [7, 11) is 2.90. The number of carbonyl (C=O) groups excluding carboxylic acids is 1. The van der Waals surface area contributed by atoms with Crippen molar-refractivity contribution in [3.8, 4) is 5.75 Å². The van der Waals surface area contributed by atoms with Crippen LogP contribution in [0.4, 0.5) is 11.4 Å². The number of pyridine rings is 1. The molecule has 0 spiro atoms. The zero-order chi connectivity index (χ0) is 24.0. The van der Waals surface area contributed by atoms with E-state index in [1.165, 1.54) is 36.3 Å². The first kappa shape index (κ1) is 24.6. The van der Waals surface area contributed by atoms with Crippen molar-refractivity contribution in [1.29, 1.82) is 0 Å². The maximum Gasteiger partial charge on any atom is 0.381 e. The molecule has 0 aromatic carbocycles. The normalized spacial score (nSPS) is 11.1. The van der Waals surface area contributed by atoms with Crippen LogP contribution in [0.5, 0.6) is 5.75 Å². The number of methoxy groups -OCH3 is 1. The van der Waals surface area contributed by atoms with Gasteiger partial charge in [0.05, 0.1) is 34.6 Å². The molecule has 0 radical (unpaired) electrons. The van der Waals surface area contributed by atoms with E-state index in [1.54, 1.807) is 31.6 Å². The van der Waals surface area contributed by atoms with Gasteiger partial charge >= 0.3 is 5.63 Å². The van der Waals surface area contributed by atoms with Gasteiger partial charge in [0.1, 0.15) is 0 Å². The number of allylic oxidation sites excluding steroid dienone is 1. The number of carbonyl (C=O) groups is 1. The zero-order valence-corrected chi connectivity index (χ0v) is 20.7. The second-order valence-electron chi connectivity index (χ2n) is 6.72. The lowest BCUT2D eigenvalue weighted by Gasteiger charge is -2.13. The van der Waals surface area contributed by atoms with E-state index < -0.39 is 11.5 Å². The summed E-state index contributed by atoms with van der Waals surface area (Å²) in [4.78, 5) is 35.3. The molecule has 8 nitrogen and oxygen atoms in total. The molecule has 2 N–H and O–H groups in total. The average molecular weight is 505 g/mol. The average Bonchev–Trinajstić information content (AvgIpc) is 3.22. The Balaban J connectivity index is 1.86. The van der Waals surface area contributed by atoms with Gasteiger partial charge in [-0.2, -0.15) is 0 Å². The van der Waals surface area contributed by atoms with Crippen molar-refractivity contribution in [3.63, 3.8) is 0 Å². The third-order valence-corrected chi connectivity index (χ3v) is 6.96. The van der Waals surface area contributed by atoms with Gasteiger partial charge in [-0.05, 0) is 37.4 Å². The number of amides is 1. The number of anilines is 2. The number of halogens is 1. The van der Waals surface area contributed by atoms with Crippen molar-refractivity contribution < 1.29 is 13.9 Å². The van der Waals surface area contributed by atoms with Gasteiger partial charge in [0, 0.05) is 24.2 Å². The maximum atomic E-state index is 12.9. The van der Waals surface area contributed by atoms with Crippen LogP contribution in [0.3, 0.4) is 0 Å². The van der Waals surface area contributed by atoms with Crippen molar-refractivity contribution >= 4 is 62.1 Å². The highest BCUT2D eigenvalue weighted by molar-refractivity contribution is 8.21. The molecule has 0 unspecified atom stereocenters. The maximum absolute atomic E-state index is 12.9. The van der Waals surface area contributed by atoms with E-state index in [1.807, 2.05) is 25.3 Å². The molecule has 0 fully saturated rings. The highest BCUT2D eigenvalue weighted by Crippen LogP contribution is 2.39. The molecule has 33 heavy (non-hydrogen) atoms. The first-order valence-electron chi connectivity index (χ1n) is 9.60. The summed E-state index contributed by atoms with van der Waals surface area (Å²) in [6, 6.07) is 6.69. The standard InChI is InChI=1S/C22H21ClN4O4S2/c1-12(2)18(19-14(23)7-9-32-19)33-22(24-3)27-20(28)16-10-15(17(30-4)21(29)31-16)26-13-6-5-8-25-11-13/h5-11,26H,1-4H3,(H,24,27,28). The Bertz CT molecular complexity index is 1260. The number of hydrogen-bond acceptors (Lipinski definition) is 9. The lowest BCUT2D eigenvalue weighted by molar-refractivity contribution is 0.0945. The molecule has 11 heteroatoms. The van der Waals surface area contributed by atoms with Gasteiger partial charge in [-0.1, -0.05) is 28.9 Å². The van der Waals surface area contributed by atoms with Crippen LogP contribution in [0.15, 0.2) is 61.8 Å². The van der Waals surface area contributed by atoms with Crippen LogP contribution in [0, 0.1) is 0 Å². The van der Waals surface area contributed by atoms with Crippen molar-refractivity contribution in [2.45, 2.75) is 13.8 Å². The number of thiophene rings is 1. The summed E-state index contributed by atoms with van der Waals surface area (Å²) >= 11 is 9.06. The highest BCUT2D eigenvalue weighted by atomic mass is 35.5. The minimum atomic E-state index is -0.797. The van der Waals surface area contributed by atoms with Gasteiger partial charge in [-0.3, -0.25) is 20.1 Å². The van der Waals surface area contributed by atoms with Crippen LogP contribution in [-0.2, 0) is 0 Å². The minimum absolute atomic E-state index is 0.0617. The molecular formula is C22H21ClN4O4S2. The molecule has 0 atom stereocenters. The fourth-order valence-corrected chi connectivity index (χ4v) is 5.04. The van der Waals surface area contributed by atoms with Crippen LogP contribution >= 0.6 is 34.7 Å². The van der Waals surface area contributed by atoms with E-state index >= 15 is 0 Å². The number of nitrogens with zero attached hydrogens (tertiary/aromatic N) is 2. The Morgan fingerprint density at radius 2 is 2.12 bits per heavy atom. The monoisotopic (exact) mass is 504 g/mol. The largest absolute Gasteiger partial charge is 0.488 e. The number of nitrogens with one attached hydrogen (secondary N) is 2. The molecule has 0 saturated heterocycles. The number of hydrogen-bond donors (Lipinski definition) is 2. The van der Waals surface area contributed by atoms with E-state index in [0.717, 1.165) is 15.4 Å². The van der Waals surface area contributed by atoms with E-state index in [9.17, 15) is 9.59 Å². The van der Waals surface area contributed by atoms with Crippen LogP contribution in [0.2, 0.25) is 5.02 Å². The van der Waals surface area contributed by atoms with Crippen molar-refractivity contribution in [1.82, 2.24) is 10.3 Å². The van der Waals surface area contributed by atoms with Crippen LogP contribution < -0.4 is 21.0 Å². The number of rotatable bonds is 6. The predicted octanol–water partition coefficient (Wildman–Crippen LogP) is 5.40. The Morgan fingerprint density at radius 1 is 1.33 bits per heavy atom. The molecule has 3 aromatic rings. The SMILES string of the molecule is CN=C(NC(=O)c1cc(Nc2cccnc2)c(OC)c(=O)o1)SC(=C(C)C)c1sccc1Cl. The van der Waals surface area contributed by atoms with Crippen molar-refractivity contribution in [2.24, 2.45) is 4.99 Å². The van der Waals surface area contributed by atoms with Crippen LogP contribution in [0.25, 0.3) is 4.91 Å². The van der Waals surface area contributed by atoms with Gasteiger partial charge in [-0.25, -0.2) is 4.79 Å². The summed E-state index contributed by atoms with van der Waals surface area (Å²) in [6.07, 6.45) is 3.19. The highest BCUT2D eigenvalue weighted by Gasteiger charge is 2.20. The Kier molecular flexibility index (Phi) is 8.32. The van der Waals surface area contributed by atoms with Gasteiger partial charge in [0.2, 0.25) is 5.75 Å². The summed E-state index contributed by atoms with van der Waals surface area (Å²) < 4.78 is 10.3. The van der Waals surface area contributed by atoms with Gasteiger partial charge < -0.3 is 14.5 Å². The number of thioether (sulfide) groups is 1. The van der Waals surface area contributed by atoms with E-state index in [-0.39, 0.29) is 17.2 Å². The molecule has 172 valence electrons. The molecule has 1 amide bonds. The fourth-order valence-electron chi connectivity index (χ4n) is 2.69. The number of aliphatic imine (C=N–C) groups is 1. The smallest absolute Gasteiger partial charge is 0.381 e. The Hall–Kier alpha value is -3.08. The molecule has 3 rings (SSSR count). The molecular weight excluding hydrogens is 484 g/mol. The summed E-state index contributed by atoms with van der Waals surface area (Å²) in [5, 5.41) is 8.55. The molecule has 0 aliphatic rings. The molecule has 0 bridgehead atoms. The summed E-state index contributed by atoms with van der Waals surface area (Å²) in [6.45, 7) is 3.90. The number of amidine groups is 1. The lowest BCUT2D eigenvalue weighted by atomic mass is 10.3. The van der Waals surface area contributed by atoms with Crippen molar-refractivity contribution in [3.05, 3.63) is 73.7 Å². The number of aromatic nitrogens is 1. The number of ether oxygens (including phenoxy) is 1. The van der Waals surface area contributed by atoms with Crippen LogP contribution in [-0.4, -0.2) is 30.2 Å². The Morgan fingerprint density at radius 3 is 2.70 bits per heavy atom. The van der Waals surface area contributed by atoms with E-state index in [0.29, 0.717) is 15.9 Å². The first-order valence-corrected chi connectivity index (χ1v) is 11.7. The second-order valence-corrected chi connectivity index (χ2v) is 9.05. The molecule has 0 aliphatic heterocycles. The summed E-state index contributed by atoms with van der Waals surface area (Å²) in [5.41, 5.74) is 1.10. The third kappa shape index (κ3) is 6.04. The summed E-state index contributed by atoms with van der Waals surface area (Å²) in [5.74, 6) is -0.905. The van der Waals surface area contributed by atoms with E-state index in [2.05, 4.69) is 20.6 Å². The first-order chi connectivity index (χ1) is 15.8. The zero-order valence-electron chi connectivity index (χ0n) is 18.3.